The first kappa shape index (κ1) is 20.9. The Balaban J connectivity index is 2.00. The third-order valence-corrected chi connectivity index (χ3v) is 7.50. The first-order chi connectivity index (χ1) is 12.2. The fourth-order valence-corrected chi connectivity index (χ4v) is 5.08. The van der Waals surface area contributed by atoms with Crippen LogP contribution in [0.5, 0.6) is 11.5 Å². The fraction of sp³-hybridized carbons (Fsp3) is 0.600. The van der Waals surface area contributed by atoms with Crippen LogP contribution in [0.25, 0.3) is 0 Å². The molecule has 1 aromatic carbocycles. The van der Waals surface area contributed by atoms with Crippen LogP contribution in [0.15, 0.2) is 23.1 Å². The molecule has 26 heavy (non-hydrogen) atoms. The minimum atomic E-state index is -3.86. The lowest BCUT2D eigenvalue weighted by Gasteiger charge is -2.31. The summed E-state index contributed by atoms with van der Waals surface area (Å²) >= 11 is 0. The normalized spacial score (nSPS) is 17.2. The summed E-state index contributed by atoms with van der Waals surface area (Å²) in [5, 5.41) is 0. The summed E-state index contributed by atoms with van der Waals surface area (Å²) in [7, 11) is -2.57. The summed E-state index contributed by atoms with van der Waals surface area (Å²) in [5.41, 5.74) is 0. The molecule has 0 amide bonds. The summed E-state index contributed by atoms with van der Waals surface area (Å²) in [6.07, 6.45) is 0. The van der Waals surface area contributed by atoms with E-state index in [1.807, 2.05) is 11.9 Å². The molecule has 0 spiro atoms. The van der Waals surface area contributed by atoms with E-state index in [4.69, 9.17) is 9.47 Å². The second kappa shape index (κ2) is 8.53. The molecule has 9 nitrogen and oxygen atoms in total. The van der Waals surface area contributed by atoms with Crippen molar-refractivity contribution in [1.82, 2.24) is 13.9 Å². The maximum absolute atomic E-state index is 12.4. The molecule has 0 aromatic heterocycles. The molecule has 148 valence electrons. The van der Waals surface area contributed by atoms with Crippen LogP contribution in [-0.4, -0.2) is 85.8 Å². The molecule has 0 bridgehead atoms. The van der Waals surface area contributed by atoms with Gasteiger partial charge in [0.15, 0.2) is 11.5 Å². The molecule has 1 N–H and O–H groups in total. The first-order valence-corrected chi connectivity index (χ1v) is 11.2. The minimum Gasteiger partial charge on any atom is -0.493 e. The van der Waals surface area contributed by atoms with E-state index in [1.54, 1.807) is 0 Å². The van der Waals surface area contributed by atoms with Crippen molar-refractivity contribution >= 4 is 20.0 Å². The molecule has 1 aliphatic heterocycles. The number of rotatable bonds is 8. The Hall–Kier alpha value is -1.40. The van der Waals surface area contributed by atoms with Gasteiger partial charge in [-0.15, -0.1) is 0 Å². The lowest BCUT2D eigenvalue weighted by molar-refractivity contribution is 0.222. The number of methoxy groups -OCH3 is 2. The van der Waals surface area contributed by atoms with E-state index in [1.165, 1.54) is 36.7 Å². The molecule has 11 heteroatoms. The Bertz CT molecular complexity index is 818. The van der Waals surface area contributed by atoms with E-state index in [0.717, 1.165) is 0 Å². The van der Waals surface area contributed by atoms with E-state index in [2.05, 4.69) is 4.72 Å². The minimum absolute atomic E-state index is 0.0212. The molecule has 0 atom stereocenters. The fourth-order valence-electron chi connectivity index (χ4n) is 2.57. The lowest BCUT2D eigenvalue weighted by Crippen LogP contribution is -2.48. The highest BCUT2D eigenvalue weighted by molar-refractivity contribution is 7.90. The van der Waals surface area contributed by atoms with Crippen LogP contribution in [-0.2, 0) is 20.0 Å². The van der Waals surface area contributed by atoms with Gasteiger partial charge in [0.25, 0.3) is 0 Å². The summed E-state index contributed by atoms with van der Waals surface area (Å²) in [5.74, 6) is 0.396. The van der Waals surface area contributed by atoms with E-state index in [-0.39, 0.29) is 22.9 Å². The quantitative estimate of drug-likeness (QED) is 0.623. The number of likely N-dealkylation sites (N-methyl/N-ethyl adjacent to an activating group) is 1. The number of hydrogen-bond donors (Lipinski definition) is 1. The molecule has 0 unspecified atom stereocenters. The third kappa shape index (κ3) is 5.07. The maximum atomic E-state index is 12.4. The summed E-state index contributed by atoms with van der Waals surface area (Å²) in [4.78, 5) is 2.03. The molecule has 1 fully saturated rings. The Morgan fingerprint density at radius 2 is 1.62 bits per heavy atom. The number of piperazine rings is 1. The molecule has 1 aromatic rings. The predicted molar refractivity (Wildman–Crippen MR) is 97.6 cm³/mol. The zero-order valence-electron chi connectivity index (χ0n) is 15.1. The Kier molecular flexibility index (Phi) is 6.86. The van der Waals surface area contributed by atoms with Gasteiger partial charge in [-0.3, -0.25) is 0 Å². The van der Waals surface area contributed by atoms with Crippen LogP contribution < -0.4 is 14.2 Å². The smallest absolute Gasteiger partial charge is 0.240 e. The number of hydrogen-bond acceptors (Lipinski definition) is 7. The SMILES string of the molecule is COc1ccc(S(=O)(=O)NCCS(=O)(=O)N2CCN(C)CC2)cc1OC. The van der Waals surface area contributed by atoms with Crippen molar-refractivity contribution in [3.63, 3.8) is 0 Å². The highest BCUT2D eigenvalue weighted by Crippen LogP contribution is 2.29. The molecule has 0 aliphatic carbocycles. The van der Waals surface area contributed by atoms with E-state index in [0.29, 0.717) is 31.9 Å². The average molecular weight is 408 g/mol. The molecular weight excluding hydrogens is 382 g/mol. The molecule has 2 rings (SSSR count). The molecule has 0 saturated carbocycles. The van der Waals surface area contributed by atoms with Gasteiger partial charge < -0.3 is 14.4 Å². The number of sulfonamides is 2. The van der Waals surface area contributed by atoms with Crippen molar-refractivity contribution in [3.8, 4) is 11.5 Å². The van der Waals surface area contributed by atoms with Gasteiger partial charge in [0.2, 0.25) is 20.0 Å². The van der Waals surface area contributed by atoms with Crippen LogP contribution in [0.4, 0.5) is 0 Å². The van der Waals surface area contributed by atoms with Gasteiger partial charge >= 0.3 is 0 Å². The van der Waals surface area contributed by atoms with Crippen molar-refractivity contribution in [2.45, 2.75) is 4.90 Å². The second-order valence-corrected chi connectivity index (χ2v) is 9.79. The van der Waals surface area contributed by atoms with Crippen LogP contribution in [0.3, 0.4) is 0 Å². The summed E-state index contributed by atoms with van der Waals surface area (Å²) in [6.45, 7) is 1.96. The molecule has 0 radical (unpaired) electrons. The van der Waals surface area contributed by atoms with Gasteiger partial charge in [0.1, 0.15) is 0 Å². The third-order valence-electron chi connectivity index (χ3n) is 4.17. The summed E-state index contributed by atoms with van der Waals surface area (Å²) < 4.78 is 63.3. The predicted octanol–water partition coefficient (Wildman–Crippen LogP) is -0.441. The van der Waals surface area contributed by atoms with Crippen molar-refractivity contribution in [2.24, 2.45) is 0 Å². The topological polar surface area (TPSA) is 105 Å². The van der Waals surface area contributed by atoms with Crippen LogP contribution in [0.2, 0.25) is 0 Å². The maximum Gasteiger partial charge on any atom is 0.240 e. The molecule has 1 saturated heterocycles. The number of nitrogens with zero attached hydrogens (tertiary/aromatic N) is 2. The van der Waals surface area contributed by atoms with Crippen molar-refractivity contribution < 1.29 is 26.3 Å². The average Bonchev–Trinajstić information content (AvgIpc) is 2.61. The van der Waals surface area contributed by atoms with Crippen molar-refractivity contribution in [2.75, 3.05) is 59.7 Å². The highest BCUT2D eigenvalue weighted by atomic mass is 32.2. The van der Waals surface area contributed by atoms with Gasteiger partial charge in [-0.2, -0.15) is 4.31 Å². The van der Waals surface area contributed by atoms with Crippen LogP contribution in [0.1, 0.15) is 0 Å². The Labute approximate surface area is 155 Å². The van der Waals surface area contributed by atoms with E-state index in [9.17, 15) is 16.8 Å². The van der Waals surface area contributed by atoms with Crippen LogP contribution >= 0.6 is 0 Å². The molecule has 1 heterocycles. The van der Waals surface area contributed by atoms with Crippen molar-refractivity contribution in [1.29, 1.82) is 0 Å². The van der Waals surface area contributed by atoms with E-state index < -0.39 is 20.0 Å². The highest BCUT2D eigenvalue weighted by Gasteiger charge is 2.26. The van der Waals surface area contributed by atoms with Gasteiger partial charge in [-0.05, 0) is 19.2 Å². The molecular formula is C15H25N3O6S2. The number of benzene rings is 1. The first-order valence-electron chi connectivity index (χ1n) is 8.07. The second-order valence-electron chi connectivity index (χ2n) is 5.93. The standard InChI is InChI=1S/C15H25N3O6S2/c1-17-7-9-18(10-8-17)25(19,20)11-6-16-26(21,22)13-4-5-14(23-2)15(12-13)24-3/h4-5,12,16H,6-11H2,1-3H3. The largest absolute Gasteiger partial charge is 0.493 e. The lowest BCUT2D eigenvalue weighted by atomic mass is 10.3. The zero-order valence-corrected chi connectivity index (χ0v) is 16.8. The number of nitrogens with one attached hydrogen (secondary N) is 1. The van der Waals surface area contributed by atoms with Gasteiger partial charge in [0, 0.05) is 38.8 Å². The summed E-state index contributed by atoms with van der Waals surface area (Å²) in [6, 6.07) is 4.18. The van der Waals surface area contributed by atoms with Gasteiger partial charge in [0.05, 0.1) is 24.9 Å². The van der Waals surface area contributed by atoms with Gasteiger partial charge in [-0.1, -0.05) is 0 Å². The van der Waals surface area contributed by atoms with E-state index >= 15 is 0 Å². The van der Waals surface area contributed by atoms with Gasteiger partial charge in [-0.25, -0.2) is 21.6 Å². The Morgan fingerprint density at radius 1 is 1.00 bits per heavy atom. The zero-order chi connectivity index (χ0) is 19.4. The van der Waals surface area contributed by atoms with Crippen molar-refractivity contribution in [3.05, 3.63) is 18.2 Å². The Morgan fingerprint density at radius 3 is 2.19 bits per heavy atom. The number of ether oxygens (including phenoxy) is 2. The molecule has 1 aliphatic rings. The van der Waals surface area contributed by atoms with Crippen LogP contribution in [0, 0.1) is 0 Å². The monoisotopic (exact) mass is 407 g/mol.